The predicted octanol–water partition coefficient (Wildman–Crippen LogP) is 3.24. The fraction of sp³-hybridized carbons (Fsp3) is 0.391. The van der Waals surface area contributed by atoms with E-state index in [1.807, 2.05) is 30.3 Å². The van der Waals surface area contributed by atoms with Crippen molar-refractivity contribution in [3.63, 3.8) is 0 Å². The summed E-state index contributed by atoms with van der Waals surface area (Å²) in [5.41, 5.74) is 1.68. The van der Waals surface area contributed by atoms with E-state index in [1.165, 1.54) is 0 Å². The van der Waals surface area contributed by atoms with E-state index >= 15 is 0 Å². The van der Waals surface area contributed by atoms with Crippen molar-refractivity contribution in [3.05, 3.63) is 41.5 Å². The summed E-state index contributed by atoms with van der Waals surface area (Å²) in [4.78, 5) is 0. The first kappa shape index (κ1) is 21.6. The fourth-order valence-corrected chi connectivity index (χ4v) is 3.10. The van der Waals surface area contributed by atoms with Crippen LogP contribution in [0.4, 0.5) is 0 Å². The SMILES string of the molecule is COc1ccc(C#CCOC(c2cc(OC)c(OC)c(OC)c2)C2CO2)cc1OC. The molecular formula is C23H26O7. The highest BCUT2D eigenvalue weighted by atomic mass is 16.6. The Labute approximate surface area is 176 Å². The number of hydrogen-bond donors (Lipinski definition) is 0. The van der Waals surface area contributed by atoms with Crippen molar-refractivity contribution >= 4 is 0 Å². The van der Waals surface area contributed by atoms with Gasteiger partial charge in [-0.05, 0) is 35.9 Å². The number of rotatable bonds is 9. The fourth-order valence-electron chi connectivity index (χ4n) is 3.10. The first-order valence-corrected chi connectivity index (χ1v) is 9.39. The first-order chi connectivity index (χ1) is 14.6. The molecule has 0 spiro atoms. The lowest BCUT2D eigenvalue weighted by Gasteiger charge is -2.19. The molecule has 160 valence electrons. The molecule has 0 N–H and O–H groups in total. The van der Waals surface area contributed by atoms with Gasteiger partial charge >= 0.3 is 0 Å². The third kappa shape index (κ3) is 4.90. The maximum absolute atomic E-state index is 6.04. The molecule has 2 aromatic rings. The first-order valence-electron chi connectivity index (χ1n) is 9.39. The third-order valence-corrected chi connectivity index (χ3v) is 4.66. The molecule has 3 rings (SSSR count). The van der Waals surface area contributed by atoms with Gasteiger partial charge in [0, 0.05) is 5.56 Å². The lowest BCUT2D eigenvalue weighted by molar-refractivity contribution is 0.0538. The van der Waals surface area contributed by atoms with Crippen LogP contribution in [-0.4, -0.2) is 54.9 Å². The van der Waals surface area contributed by atoms with Crippen molar-refractivity contribution in [2.45, 2.75) is 12.2 Å². The van der Waals surface area contributed by atoms with Gasteiger partial charge in [0.2, 0.25) is 5.75 Å². The summed E-state index contributed by atoms with van der Waals surface area (Å²) in [6, 6.07) is 9.26. The summed E-state index contributed by atoms with van der Waals surface area (Å²) >= 11 is 0. The zero-order valence-electron chi connectivity index (χ0n) is 17.8. The Morgan fingerprint density at radius 2 is 1.50 bits per heavy atom. The Bertz CT molecular complexity index is 900. The molecule has 1 saturated heterocycles. The molecule has 0 bridgehead atoms. The Kier molecular flexibility index (Phi) is 7.28. The summed E-state index contributed by atoms with van der Waals surface area (Å²) in [7, 11) is 7.93. The molecule has 0 aromatic heterocycles. The lowest BCUT2D eigenvalue weighted by Crippen LogP contribution is -2.12. The van der Waals surface area contributed by atoms with Gasteiger partial charge in [0.05, 0.1) is 42.2 Å². The van der Waals surface area contributed by atoms with Gasteiger partial charge in [-0.2, -0.15) is 0 Å². The van der Waals surface area contributed by atoms with Crippen LogP contribution in [0.2, 0.25) is 0 Å². The number of hydrogen-bond acceptors (Lipinski definition) is 7. The minimum atomic E-state index is -0.293. The summed E-state index contributed by atoms with van der Waals surface area (Å²) in [6.45, 7) is 0.861. The molecular weight excluding hydrogens is 388 g/mol. The second-order valence-electron chi connectivity index (χ2n) is 6.43. The normalized spacial score (nSPS) is 15.4. The van der Waals surface area contributed by atoms with Crippen LogP contribution in [-0.2, 0) is 9.47 Å². The molecule has 1 fully saturated rings. The standard InChI is InChI=1S/C23H26O7/c1-24-17-9-8-15(11-18(17)25-2)7-6-10-29-22(21-14-30-21)16-12-19(26-3)23(28-5)20(13-16)27-4/h8-9,11-13,21-22H,10,14H2,1-5H3. The van der Waals surface area contributed by atoms with Crippen LogP contribution >= 0.6 is 0 Å². The summed E-state index contributed by atoms with van der Waals surface area (Å²) < 4.78 is 38.3. The van der Waals surface area contributed by atoms with Crippen molar-refractivity contribution in [2.75, 3.05) is 48.8 Å². The molecule has 0 radical (unpaired) electrons. The molecule has 2 atom stereocenters. The van der Waals surface area contributed by atoms with Gasteiger partial charge in [0.1, 0.15) is 18.8 Å². The minimum absolute atomic E-state index is 0.0318. The van der Waals surface area contributed by atoms with Crippen molar-refractivity contribution < 1.29 is 33.2 Å². The van der Waals surface area contributed by atoms with Crippen LogP contribution < -0.4 is 23.7 Å². The monoisotopic (exact) mass is 414 g/mol. The quantitative estimate of drug-likeness (QED) is 0.461. The highest BCUT2D eigenvalue weighted by molar-refractivity contribution is 5.54. The molecule has 2 aromatic carbocycles. The average Bonchev–Trinajstić information content (AvgIpc) is 3.62. The highest BCUT2D eigenvalue weighted by Crippen LogP contribution is 2.42. The van der Waals surface area contributed by atoms with Crippen molar-refractivity contribution in [1.82, 2.24) is 0 Å². The molecule has 7 heteroatoms. The largest absolute Gasteiger partial charge is 0.493 e. The Balaban J connectivity index is 1.75. The molecule has 2 unspecified atom stereocenters. The van der Waals surface area contributed by atoms with E-state index in [0.717, 1.165) is 11.1 Å². The number of ether oxygens (including phenoxy) is 7. The van der Waals surface area contributed by atoms with E-state index in [4.69, 9.17) is 33.2 Å². The topological polar surface area (TPSA) is 67.9 Å². The summed E-state index contributed by atoms with van der Waals surface area (Å²) in [5.74, 6) is 9.08. The van der Waals surface area contributed by atoms with Crippen LogP contribution in [0.1, 0.15) is 17.2 Å². The van der Waals surface area contributed by atoms with Gasteiger partial charge < -0.3 is 33.2 Å². The average molecular weight is 414 g/mol. The Morgan fingerprint density at radius 1 is 0.867 bits per heavy atom. The zero-order chi connectivity index (χ0) is 21.5. The van der Waals surface area contributed by atoms with Gasteiger partial charge in [-0.15, -0.1) is 0 Å². The number of methoxy groups -OCH3 is 5. The van der Waals surface area contributed by atoms with Crippen LogP contribution in [0.5, 0.6) is 28.7 Å². The molecule has 1 aliphatic heterocycles. The van der Waals surface area contributed by atoms with Crippen molar-refractivity contribution in [2.24, 2.45) is 0 Å². The van der Waals surface area contributed by atoms with Crippen molar-refractivity contribution in [1.29, 1.82) is 0 Å². The molecule has 0 aliphatic carbocycles. The van der Waals surface area contributed by atoms with Crippen molar-refractivity contribution in [3.8, 4) is 40.6 Å². The van der Waals surface area contributed by atoms with Gasteiger partial charge in [0.15, 0.2) is 23.0 Å². The van der Waals surface area contributed by atoms with E-state index in [2.05, 4.69) is 11.8 Å². The minimum Gasteiger partial charge on any atom is -0.493 e. The number of epoxide rings is 1. The maximum atomic E-state index is 6.04. The third-order valence-electron chi connectivity index (χ3n) is 4.66. The molecule has 0 amide bonds. The Hall–Kier alpha value is -3.08. The van der Waals surface area contributed by atoms with Gasteiger partial charge in [-0.1, -0.05) is 11.8 Å². The molecule has 30 heavy (non-hydrogen) atoms. The Morgan fingerprint density at radius 3 is 2.03 bits per heavy atom. The molecule has 7 nitrogen and oxygen atoms in total. The van der Waals surface area contributed by atoms with E-state index < -0.39 is 0 Å². The zero-order valence-corrected chi connectivity index (χ0v) is 17.8. The van der Waals surface area contributed by atoms with Gasteiger partial charge in [0.25, 0.3) is 0 Å². The summed E-state index contributed by atoms with van der Waals surface area (Å²) in [6.07, 6.45) is -0.325. The van der Waals surface area contributed by atoms with Gasteiger partial charge in [-0.25, -0.2) is 0 Å². The highest BCUT2D eigenvalue weighted by Gasteiger charge is 2.36. The lowest BCUT2D eigenvalue weighted by atomic mass is 10.1. The van der Waals surface area contributed by atoms with E-state index in [9.17, 15) is 0 Å². The van der Waals surface area contributed by atoms with Crippen LogP contribution in [0.25, 0.3) is 0 Å². The maximum Gasteiger partial charge on any atom is 0.203 e. The summed E-state index contributed by atoms with van der Waals surface area (Å²) in [5, 5.41) is 0. The second-order valence-corrected chi connectivity index (χ2v) is 6.43. The van der Waals surface area contributed by atoms with E-state index in [-0.39, 0.29) is 18.8 Å². The van der Waals surface area contributed by atoms with Crippen LogP contribution in [0.15, 0.2) is 30.3 Å². The van der Waals surface area contributed by atoms with Gasteiger partial charge in [-0.3, -0.25) is 0 Å². The molecule has 1 heterocycles. The molecule has 0 saturated carbocycles. The second kappa shape index (κ2) is 10.1. The van der Waals surface area contributed by atoms with Crippen LogP contribution in [0, 0.1) is 11.8 Å². The van der Waals surface area contributed by atoms with E-state index in [1.54, 1.807) is 35.5 Å². The molecule has 1 aliphatic rings. The van der Waals surface area contributed by atoms with E-state index in [0.29, 0.717) is 35.4 Å². The van der Waals surface area contributed by atoms with Crippen LogP contribution in [0.3, 0.4) is 0 Å². The number of benzene rings is 2. The smallest absolute Gasteiger partial charge is 0.203 e. The predicted molar refractivity (Wildman–Crippen MR) is 111 cm³/mol.